The van der Waals surface area contributed by atoms with E-state index in [1.807, 2.05) is 0 Å². The van der Waals surface area contributed by atoms with Gasteiger partial charge in [-0.1, -0.05) is 0 Å². The molecule has 0 aromatic heterocycles. The van der Waals surface area contributed by atoms with Crippen LogP contribution in [-0.4, -0.2) is 59.1 Å². The summed E-state index contributed by atoms with van der Waals surface area (Å²) in [6.07, 6.45) is 0. The van der Waals surface area contributed by atoms with E-state index in [1.54, 1.807) is 0 Å². The van der Waals surface area contributed by atoms with Crippen LogP contribution in [0.1, 0.15) is 0 Å². The fraction of sp³-hybridized carbons (Fsp3) is 0. The summed E-state index contributed by atoms with van der Waals surface area (Å²) in [5.41, 5.74) is 0. The third-order valence-corrected chi connectivity index (χ3v) is 0. The van der Waals surface area contributed by atoms with Gasteiger partial charge in [-0.2, -0.15) is 0 Å². The Morgan fingerprint density at radius 3 is 0.400 bits per heavy atom. The van der Waals surface area contributed by atoms with Crippen molar-refractivity contribution in [2.75, 3.05) is 0 Å². The maximum Gasteiger partial charge on any atom is 0 e. The zero-order chi connectivity index (χ0) is 0. The molecule has 0 saturated carbocycles. The minimum absolute atomic E-state index is 0. The summed E-state index contributed by atoms with van der Waals surface area (Å²) in [5, 5.41) is 0. The number of halogens is 3. The molecule has 0 N–H and O–H groups in total. The average Bonchev–Trinajstić information content (AvgIpc) is 0. The Balaban J connectivity index is 0. The zero-order valence-electron chi connectivity index (χ0n) is 3.22. The van der Waals surface area contributed by atoms with Crippen molar-refractivity contribution in [3.63, 3.8) is 0 Å². The first-order chi connectivity index (χ1) is 0. The molecule has 2 radical (unpaired) electrons. The molecule has 0 aromatic rings. The van der Waals surface area contributed by atoms with Crippen LogP contribution in [0.3, 0.4) is 0 Å². The van der Waals surface area contributed by atoms with Gasteiger partial charge in [0.15, 0.2) is 0 Å². The van der Waals surface area contributed by atoms with E-state index in [9.17, 15) is 0 Å². The van der Waals surface area contributed by atoms with Gasteiger partial charge in [0.2, 0.25) is 0 Å². The third-order valence-electron chi connectivity index (χ3n) is 0. The second-order valence-electron chi connectivity index (χ2n) is 0. The van der Waals surface area contributed by atoms with Crippen LogP contribution in [-0.2, 0) is 0 Å². The Bertz CT molecular complexity index is 4.85. The van der Waals surface area contributed by atoms with E-state index < -0.39 is 0 Å². The van der Waals surface area contributed by atoms with E-state index in [0.717, 1.165) is 0 Å². The van der Waals surface area contributed by atoms with Crippen LogP contribution < -0.4 is 0 Å². The molecule has 0 saturated heterocycles. The van der Waals surface area contributed by atoms with Crippen LogP contribution >= 0.6 is 37.2 Å². The smallest absolute Gasteiger partial charge is 0 e. The predicted octanol–water partition coefficient (Wildman–Crippen LogP) is 0.504. The van der Waals surface area contributed by atoms with Gasteiger partial charge in [-0.3, -0.25) is 0 Å². The molecule has 0 aliphatic rings. The van der Waals surface area contributed by atoms with Gasteiger partial charge in [-0.15, -0.1) is 37.2 Å². The van der Waals surface area contributed by atoms with Crippen LogP contribution in [0.25, 0.3) is 0 Å². The first-order valence-corrected chi connectivity index (χ1v) is 0. The Morgan fingerprint density at radius 2 is 0.400 bits per heavy atom. The largest absolute Gasteiger partial charge is 0.147 e. The summed E-state index contributed by atoms with van der Waals surface area (Å²) in [4.78, 5) is 0. The van der Waals surface area contributed by atoms with E-state index in [0.29, 0.717) is 0 Å². The molecular weight excluding hydrogens is 152 g/mol. The van der Waals surface area contributed by atoms with Crippen molar-refractivity contribution < 1.29 is 0 Å². The first kappa shape index (κ1) is 45.1. The SMILES string of the molecule is Cl.Cl.Cl.[Na].[Na]. The first-order valence-electron chi connectivity index (χ1n) is 0. The zero-order valence-corrected chi connectivity index (χ0v) is 9.67. The van der Waals surface area contributed by atoms with Crippen molar-refractivity contribution >= 4 is 96.3 Å². The second-order valence-corrected chi connectivity index (χ2v) is 0. The molecule has 5 heteroatoms. The molecule has 26 valence electrons. The third kappa shape index (κ3) is 19.8. The molecule has 0 aliphatic carbocycles. The molecule has 0 atom stereocenters. The molecule has 0 spiro atoms. The summed E-state index contributed by atoms with van der Waals surface area (Å²) >= 11 is 0. The van der Waals surface area contributed by atoms with Gasteiger partial charge >= 0.3 is 0 Å². The Labute approximate surface area is 94.7 Å². The van der Waals surface area contributed by atoms with Crippen molar-refractivity contribution in [2.45, 2.75) is 0 Å². The molecule has 0 bridgehead atoms. The van der Waals surface area contributed by atoms with Crippen LogP contribution in [0.15, 0.2) is 0 Å². The quantitative estimate of drug-likeness (QED) is 0.447. The van der Waals surface area contributed by atoms with E-state index in [-0.39, 0.29) is 96.3 Å². The number of hydrogen-bond donors (Lipinski definition) is 0. The molecular formula is H3Cl3Na2. The van der Waals surface area contributed by atoms with E-state index in [1.165, 1.54) is 0 Å². The van der Waals surface area contributed by atoms with Gasteiger partial charge in [-0.25, -0.2) is 0 Å². The molecule has 0 heterocycles. The Kier molecular flexibility index (Phi) is 259. The Morgan fingerprint density at radius 1 is 0.400 bits per heavy atom. The summed E-state index contributed by atoms with van der Waals surface area (Å²) < 4.78 is 0. The molecule has 0 unspecified atom stereocenters. The van der Waals surface area contributed by atoms with Gasteiger partial charge in [0.25, 0.3) is 0 Å². The monoisotopic (exact) mass is 154 g/mol. The summed E-state index contributed by atoms with van der Waals surface area (Å²) in [7, 11) is 0. The predicted molar refractivity (Wildman–Crippen MR) is 33.3 cm³/mol. The van der Waals surface area contributed by atoms with Gasteiger partial charge in [0, 0.05) is 59.1 Å². The molecule has 0 aromatic carbocycles. The van der Waals surface area contributed by atoms with Crippen LogP contribution in [0.5, 0.6) is 0 Å². The van der Waals surface area contributed by atoms with E-state index in [4.69, 9.17) is 0 Å². The molecule has 0 nitrogen and oxygen atoms in total. The van der Waals surface area contributed by atoms with Crippen molar-refractivity contribution in [2.24, 2.45) is 0 Å². The maximum atomic E-state index is 0. The van der Waals surface area contributed by atoms with Crippen molar-refractivity contribution in [3.05, 3.63) is 0 Å². The van der Waals surface area contributed by atoms with Gasteiger partial charge in [-0.05, 0) is 0 Å². The van der Waals surface area contributed by atoms with E-state index in [2.05, 4.69) is 0 Å². The summed E-state index contributed by atoms with van der Waals surface area (Å²) in [5.74, 6) is 0. The van der Waals surface area contributed by atoms with Crippen molar-refractivity contribution in [1.29, 1.82) is 0 Å². The normalized spacial score (nSPS) is 0. The van der Waals surface area contributed by atoms with Crippen molar-refractivity contribution in [1.82, 2.24) is 0 Å². The standard InChI is InChI=1S/3ClH.2Na/h3*1H;;. The maximum absolute atomic E-state index is 0. The van der Waals surface area contributed by atoms with E-state index >= 15 is 0 Å². The van der Waals surface area contributed by atoms with Crippen LogP contribution in [0.4, 0.5) is 0 Å². The minimum Gasteiger partial charge on any atom is -0.147 e. The van der Waals surface area contributed by atoms with Crippen LogP contribution in [0, 0.1) is 0 Å². The fourth-order valence-corrected chi connectivity index (χ4v) is 0. The Hall–Kier alpha value is 2.87. The fourth-order valence-electron chi connectivity index (χ4n) is 0. The minimum atomic E-state index is 0. The topological polar surface area (TPSA) is 0 Å². The molecule has 5 heavy (non-hydrogen) atoms. The average molecular weight is 155 g/mol. The molecule has 0 rings (SSSR count). The van der Waals surface area contributed by atoms with Gasteiger partial charge in [0.1, 0.15) is 0 Å². The van der Waals surface area contributed by atoms with Crippen molar-refractivity contribution in [3.8, 4) is 0 Å². The molecule has 0 fully saturated rings. The summed E-state index contributed by atoms with van der Waals surface area (Å²) in [6.45, 7) is 0. The van der Waals surface area contributed by atoms with Crippen LogP contribution in [0.2, 0.25) is 0 Å². The number of rotatable bonds is 0. The van der Waals surface area contributed by atoms with Gasteiger partial charge in [0.05, 0.1) is 0 Å². The van der Waals surface area contributed by atoms with Gasteiger partial charge < -0.3 is 0 Å². The summed E-state index contributed by atoms with van der Waals surface area (Å²) in [6, 6.07) is 0. The molecule has 0 amide bonds. The number of hydrogen-bond acceptors (Lipinski definition) is 0. The second kappa shape index (κ2) is 28.7. The molecule has 0 aliphatic heterocycles.